The molecule has 2 aromatic rings. The van der Waals surface area contributed by atoms with Crippen LogP contribution in [0.4, 0.5) is 0 Å². The van der Waals surface area contributed by atoms with E-state index in [0.717, 1.165) is 33.8 Å². The van der Waals surface area contributed by atoms with Gasteiger partial charge in [0.05, 0.1) is 7.11 Å². The SMILES string of the molecule is C=Cc1ccc(OC)cc1-c1cc(OCOC)ccc1C=C. The zero-order chi connectivity index (χ0) is 15.9. The van der Waals surface area contributed by atoms with Crippen molar-refractivity contribution in [3.63, 3.8) is 0 Å². The van der Waals surface area contributed by atoms with E-state index in [-0.39, 0.29) is 6.79 Å². The lowest BCUT2D eigenvalue weighted by Gasteiger charge is -2.14. The zero-order valence-electron chi connectivity index (χ0n) is 13.0. The summed E-state index contributed by atoms with van der Waals surface area (Å²) in [6.07, 6.45) is 3.64. The molecule has 0 aliphatic carbocycles. The fraction of sp³-hybridized carbons (Fsp3) is 0.158. The molecule has 3 nitrogen and oxygen atoms in total. The summed E-state index contributed by atoms with van der Waals surface area (Å²) >= 11 is 0. The molecule has 2 aromatic carbocycles. The standard InChI is InChI=1S/C19H20O3/c1-5-14-7-9-16(21-4)11-18(14)19-12-17(22-13-20-3)10-8-15(19)6-2/h5-12H,1-2,13H2,3-4H3. The van der Waals surface area contributed by atoms with Crippen LogP contribution >= 0.6 is 0 Å². The molecule has 0 heterocycles. The molecule has 3 heteroatoms. The van der Waals surface area contributed by atoms with E-state index in [9.17, 15) is 0 Å². The van der Waals surface area contributed by atoms with Crippen LogP contribution in [0.25, 0.3) is 23.3 Å². The van der Waals surface area contributed by atoms with Crippen LogP contribution in [-0.4, -0.2) is 21.0 Å². The molecule has 114 valence electrons. The van der Waals surface area contributed by atoms with Crippen LogP contribution in [0.1, 0.15) is 11.1 Å². The summed E-state index contributed by atoms with van der Waals surface area (Å²) in [5.74, 6) is 1.53. The summed E-state index contributed by atoms with van der Waals surface area (Å²) in [4.78, 5) is 0. The third kappa shape index (κ3) is 3.38. The molecule has 0 aliphatic rings. The number of hydrogen-bond donors (Lipinski definition) is 0. The second-order valence-electron chi connectivity index (χ2n) is 4.66. The third-order valence-corrected chi connectivity index (χ3v) is 3.36. The lowest BCUT2D eigenvalue weighted by Crippen LogP contribution is -1.99. The van der Waals surface area contributed by atoms with E-state index < -0.39 is 0 Å². The smallest absolute Gasteiger partial charge is 0.188 e. The van der Waals surface area contributed by atoms with E-state index in [1.807, 2.05) is 48.6 Å². The third-order valence-electron chi connectivity index (χ3n) is 3.36. The summed E-state index contributed by atoms with van der Waals surface area (Å²) in [5, 5.41) is 0. The van der Waals surface area contributed by atoms with Gasteiger partial charge < -0.3 is 14.2 Å². The monoisotopic (exact) mass is 296 g/mol. The average Bonchev–Trinajstić information content (AvgIpc) is 2.59. The van der Waals surface area contributed by atoms with E-state index in [1.165, 1.54) is 0 Å². The highest BCUT2D eigenvalue weighted by molar-refractivity contribution is 5.82. The van der Waals surface area contributed by atoms with Gasteiger partial charge in [-0.2, -0.15) is 0 Å². The second kappa shape index (κ2) is 7.48. The predicted molar refractivity (Wildman–Crippen MR) is 91.1 cm³/mol. The first kappa shape index (κ1) is 15.9. The van der Waals surface area contributed by atoms with Gasteiger partial charge in [-0.15, -0.1) is 0 Å². The molecule has 0 unspecified atom stereocenters. The van der Waals surface area contributed by atoms with Crippen LogP contribution < -0.4 is 9.47 Å². The highest BCUT2D eigenvalue weighted by Crippen LogP contribution is 2.34. The minimum absolute atomic E-state index is 0.208. The van der Waals surface area contributed by atoms with E-state index >= 15 is 0 Å². The lowest BCUT2D eigenvalue weighted by atomic mass is 9.94. The van der Waals surface area contributed by atoms with Crippen molar-refractivity contribution in [2.24, 2.45) is 0 Å². The molecule has 0 aromatic heterocycles. The van der Waals surface area contributed by atoms with Crippen molar-refractivity contribution in [2.75, 3.05) is 21.0 Å². The molecule has 0 bridgehead atoms. The number of rotatable bonds is 7. The van der Waals surface area contributed by atoms with Crippen molar-refractivity contribution in [3.05, 3.63) is 60.7 Å². The van der Waals surface area contributed by atoms with Crippen molar-refractivity contribution in [2.45, 2.75) is 0 Å². The second-order valence-corrected chi connectivity index (χ2v) is 4.66. The van der Waals surface area contributed by atoms with Gasteiger partial charge in [0.2, 0.25) is 0 Å². The molecule has 22 heavy (non-hydrogen) atoms. The Labute approximate surface area is 131 Å². The maximum Gasteiger partial charge on any atom is 0.188 e. The molecule has 0 N–H and O–H groups in total. The first-order valence-electron chi connectivity index (χ1n) is 6.92. The summed E-state index contributed by atoms with van der Waals surface area (Å²) in [5.41, 5.74) is 4.07. The Morgan fingerprint density at radius 2 is 1.41 bits per heavy atom. The molecule has 0 amide bonds. The lowest BCUT2D eigenvalue weighted by molar-refractivity contribution is 0.0511. The average molecular weight is 296 g/mol. The van der Waals surface area contributed by atoms with Gasteiger partial charge >= 0.3 is 0 Å². The molecule has 0 saturated heterocycles. The zero-order valence-corrected chi connectivity index (χ0v) is 13.0. The molecule has 0 aliphatic heterocycles. The van der Waals surface area contributed by atoms with Gasteiger partial charge in [-0.25, -0.2) is 0 Å². The molecule has 0 saturated carbocycles. The molecule has 0 atom stereocenters. The Kier molecular flexibility index (Phi) is 5.39. The largest absolute Gasteiger partial charge is 0.497 e. The molecule has 2 rings (SSSR count). The predicted octanol–water partition coefficient (Wildman–Crippen LogP) is 4.63. The summed E-state index contributed by atoms with van der Waals surface area (Å²) in [6.45, 7) is 7.97. The Morgan fingerprint density at radius 1 is 0.864 bits per heavy atom. The van der Waals surface area contributed by atoms with Crippen molar-refractivity contribution >= 4 is 12.2 Å². The van der Waals surface area contributed by atoms with E-state index in [4.69, 9.17) is 14.2 Å². The van der Waals surface area contributed by atoms with Gasteiger partial charge in [-0.1, -0.05) is 37.4 Å². The van der Waals surface area contributed by atoms with Crippen molar-refractivity contribution in [1.29, 1.82) is 0 Å². The highest BCUT2D eigenvalue weighted by atomic mass is 16.7. The van der Waals surface area contributed by atoms with E-state index in [1.54, 1.807) is 14.2 Å². The maximum atomic E-state index is 5.53. The van der Waals surface area contributed by atoms with Crippen molar-refractivity contribution in [3.8, 4) is 22.6 Å². The minimum atomic E-state index is 0.208. The molecule has 0 fully saturated rings. The number of benzene rings is 2. The van der Waals surface area contributed by atoms with Gasteiger partial charge in [-0.05, 0) is 46.5 Å². The van der Waals surface area contributed by atoms with Crippen molar-refractivity contribution in [1.82, 2.24) is 0 Å². The Morgan fingerprint density at radius 3 is 1.91 bits per heavy atom. The fourth-order valence-corrected chi connectivity index (χ4v) is 2.24. The maximum absolute atomic E-state index is 5.53. The van der Waals surface area contributed by atoms with E-state index in [2.05, 4.69) is 13.2 Å². The number of hydrogen-bond acceptors (Lipinski definition) is 3. The van der Waals surface area contributed by atoms with Crippen LogP contribution in [0.3, 0.4) is 0 Å². The fourth-order valence-electron chi connectivity index (χ4n) is 2.24. The van der Waals surface area contributed by atoms with Crippen LogP contribution in [0, 0.1) is 0 Å². The van der Waals surface area contributed by atoms with Crippen LogP contribution in [0.15, 0.2) is 49.6 Å². The highest BCUT2D eigenvalue weighted by Gasteiger charge is 2.10. The first-order chi connectivity index (χ1) is 10.7. The summed E-state index contributed by atoms with van der Waals surface area (Å²) < 4.78 is 15.8. The van der Waals surface area contributed by atoms with Crippen molar-refractivity contribution < 1.29 is 14.2 Å². The number of ether oxygens (including phenoxy) is 3. The van der Waals surface area contributed by atoms with E-state index in [0.29, 0.717) is 0 Å². The molecule has 0 spiro atoms. The topological polar surface area (TPSA) is 27.7 Å². The van der Waals surface area contributed by atoms with Crippen LogP contribution in [0.2, 0.25) is 0 Å². The molecular formula is C19H20O3. The van der Waals surface area contributed by atoms with Gasteiger partial charge in [0.15, 0.2) is 6.79 Å². The quantitative estimate of drug-likeness (QED) is 0.697. The Balaban J connectivity index is 2.58. The normalized spacial score (nSPS) is 10.1. The van der Waals surface area contributed by atoms with Crippen LogP contribution in [-0.2, 0) is 4.74 Å². The molecule has 0 radical (unpaired) electrons. The van der Waals surface area contributed by atoms with Crippen LogP contribution in [0.5, 0.6) is 11.5 Å². The van der Waals surface area contributed by atoms with Gasteiger partial charge in [0.1, 0.15) is 11.5 Å². The Hall–Kier alpha value is -2.52. The number of methoxy groups -OCH3 is 2. The summed E-state index contributed by atoms with van der Waals surface area (Å²) in [6, 6.07) is 11.7. The minimum Gasteiger partial charge on any atom is -0.497 e. The first-order valence-corrected chi connectivity index (χ1v) is 6.92. The van der Waals surface area contributed by atoms with Gasteiger partial charge in [-0.3, -0.25) is 0 Å². The summed E-state index contributed by atoms with van der Waals surface area (Å²) in [7, 11) is 3.25. The van der Waals surface area contributed by atoms with Gasteiger partial charge in [0, 0.05) is 7.11 Å². The molecular weight excluding hydrogens is 276 g/mol. The Bertz CT molecular complexity index is 674. The van der Waals surface area contributed by atoms with Gasteiger partial charge in [0.25, 0.3) is 0 Å².